The third kappa shape index (κ3) is 3.18. The highest BCUT2D eigenvalue weighted by Crippen LogP contribution is 2.54. The van der Waals surface area contributed by atoms with Crippen LogP contribution in [0.4, 0.5) is 0 Å². The van der Waals surface area contributed by atoms with E-state index in [-0.39, 0.29) is 10.6 Å². The highest BCUT2D eigenvalue weighted by Gasteiger charge is 2.42. The van der Waals surface area contributed by atoms with Crippen molar-refractivity contribution in [3.8, 4) is 0 Å². The molecule has 0 aromatic heterocycles. The van der Waals surface area contributed by atoms with Crippen molar-refractivity contribution in [2.24, 2.45) is 11.1 Å². The number of rotatable bonds is 1. The van der Waals surface area contributed by atoms with Crippen LogP contribution in [0.15, 0.2) is 52.3 Å². The molecule has 0 heterocycles. The maximum Gasteiger partial charge on any atom is 0.155 e. The van der Waals surface area contributed by atoms with Gasteiger partial charge in [-0.1, -0.05) is 58.0 Å². The minimum Gasteiger partial charge on any atom is -0.378 e. The molecule has 0 fully saturated rings. The lowest BCUT2D eigenvalue weighted by Crippen LogP contribution is -2.21. The quantitative estimate of drug-likeness (QED) is 0.477. The Labute approximate surface area is 161 Å². The lowest BCUT2D eigenvalue weighted by molar-refractivity contribution is 0.360. The van der Waals surface area contributed by atoms with Crippen LogP contribution in [0, 0.1) is 10.8 Å². The molecule has 2 aliphatic carbocycles. The lowest BCUT2D eigenvalue weighted by Gasteiger charge is -2.30. The Kier molecular flexibility index (Phi) is 4.50. The number of aryl methyl sites for hydroxylation is 2. The summed E-state index contributed by atoms with van der Waals surface area (Å²) in [5.41, 5.74) is 12.9. The standard InChI is InChI=1S/C21H21BrN2S/c22-17-6-5-16-12-21(19(18(16)11-17)13-25-20(23)24)9-7-14-3-1-2-4-15(14)8-10-21/h1-6,11,13H,7-10,12H2,(H3,23,24). The Morgan fingerprint density at radius 2 is 1.76 bits per heavy atom. The molecule has 3 N–H and O–H groups in total. The van der Waals surface area contributed by atoms with Crippen LogP contribution < -0.4 is 5.73 Å². The van der Waals surface area contributed by atoms with Gasteiger partial charge in [-0.15, -0.1) is 0 Å². The average molecular weight is 413 g/mol. The van der Waals surface area contributed by atoms with Crippen molar-refractivity contribution >= 4 is 38.4 Å². The first-order chi connectivity index (χ1) is 12.1. The zero-order chi connectivity index (χ0) is 17.4. The first kappa shape index (κ1) is 16.9. The Morgan fingerprint density at radius 1 is 1.08 bits per heavy atom. The summed E-state index contributed by atoms with van der Waals surface area (Å²) in [7, 11) is 0. The number of allylic oxidation sites excluding steroid dienone is 1. The first-order valence-electron chi connectivity index (χ1n) is 8.64. The summed E-state index contributed by atoms with van der Waals surface area (Å²) in [6.07, 6.45) is 5.63. The van der Waals surface area contributed by atoms with Crippen molar-refractivity contribution < 1.29 is 0 Å². The summed E-state index contributed by atoms with van der Waals surface area (Å²) in [6, 6.07) is 15.5. The molecule has 0 aliphatic heterocycles. The zero-order valence-electron chi connectivity index (χ0n) is 14.0. The number of amidine groups is 1. The predicted octanol–water partition coefficient (Wildman–Crippen LogP) is 5.54. The van der Waals surface area contributed by atoms with Gasteiger partial charge in [-0.2, -0.15) is 0 Å². The summed E-state index contributed by atoms with van der Waals surface area (Å²) in [5.74, 6) is 0. The maximum atomic E-state index is 7.62. The summed E-state index contributed by atoms with van der Waals surface area (Å²) < 4.78 is 1.11. The summed E-state index contributed by atoms with van der Waals surface area (Å²) in [5, 5.41) is 9.91. The molecule has 1 spiro atoms. The number of nitrogens with two attached hydrogens (primary N) is 1. The molecule has 2 nitrogen and oxygen atoms in total. The van der Waals surface area contributed by atoms with Gasteiger partial charge in [0, 0.05) is 9.89 Å². The van der Waals surface area contributed by atoms with Crippen molar-refractivity contribution in [1.29, 1.82) is 5.41 Å². The van der Waals surface area contributed by atoms with Crippen molar-refractivity contribution in [3.05, 3.63) is 74.6 Å². The van der Waals surface area contributed by atoms with E-state index in [1.54, 1.807) is 0 Å². The number of hydrogen-bond acceptors (Lipinski definition) is 2. The number of nitrogens with one attached hydrogen (secondary N) is 1. The number of benzene rings is 2. The fourth-order valence-corrected chi connectivity index (χ4v) is 5.36. The van der Waals surface area contributed by atoms with Crippen LogP contribution in [-0.2, 0) is 19.3 Å². The summed E-state index contributed by atoms with van der Waals surface area (Å²) >= 11 is 4.96. The van der Waals surface area contributed by atoms with E-state index >= 15 is 0 Å². The van der Waals surface area contributed by atoms with E-state index < -0.39 is 0 Å². The Morgan fingerprint density at radius 3 is 2.40 bits per heavy atom. The molecule has 0 radical (unpaired) electrons. The van der Waals surface area contributed by atoms with Gasteiger partial charge in [0.1, 0.15) is 0 Å². The molecule has 4 heteroatoms. The van der Waals surface area contributed by atoms with Crippen LogP contribution in [0.2, 0.25) is 0 Å². The fraction of sp³-hybridized carbons (Fsp3) is 0.286. The van der Waals surface area contributed by atoms with E-state index in [4.69, 9.17) is 11.1 Å². The molecule has 2 aromatic rings. The Hall–Kier alpha value is -1.52. The van der Waals surface area contributed by atoms with Crippen LogP contribution in [0.5, 0.6) is 0 Å². The van der Waals surface area contributed by atoms with Gasteiger partial charge in [0.25, 0.3) is 0 Å². The predicted molar refractivity (Wildman–Crippen MR) is 111 cm³/mol. The summed E-state index contributed by atoms with van der Waals surface area (Å²) in [4.78, 5) is 0. The molecular formula is C21H21BrN2S. The number of hydrogen-bond donors (Lipinski definition) is 2. The largest absolute Gasteiger partial charge is 0.378 e. The van der Waals surface area contributed by atoms with Gasteiger partial charge in [-0.3, -0.25) is 5.41 Å². The number of halogens is 1. The van der Waals surface area contributed by atoms with Gasteiger partial charge in [0.15, 0.2) is 5.17 Å². The van der Waals surface area contributed by atoms with E-state index in [0.717, 1.165) is 36.6 Å². The Balaban J connectivity index is 1.76. The topological polar surface area (TPSA) is 49.9 Å². The average Bonchev–Trinajstić information content (AvgIpc) is 2.76. The highest BCUT2D eigenvalue weighted by atomic mass is 79.9. The maximum absolute atomic E-state index is 7.62. The second-order valence-corrected chi connectivity index (χ2v) is 8.87. The van der Waals surface area contributed by atoms with Gasteiger partial charge in [0.2, 0.25) is 0 Å². The molecule has 0 unspecified atom stereocenters. The third-order valence-electron chi connectivity index (χ3n) is 5.63. The minimum atomic E-state index is 0.156. The smallest absolute Gasteiger partial charge is 0.155 e. The highest BCUT2D eigenvalue weighted by molar-refractivity contribution is 9.10. The van der Waals surface area contributed by atoms with E-state index in [1.807, 2.05) is 0 Å². The van der Waals surface area contributed by atoms with Crippen molar-refractivity contribution in [3.63, 3.8) is 0 Å². The van der Waals surface area contributed by atoms with Gasteiger partial charge < -0.3 is 5.73 Å². The molecule has 0 amide bonds. The van der Waals surface area contributed by atoms with Crippen molar-refractivity contribution in [2.75, 3.05) is 0 Å². The van der Waals surface area contributed by atoms with Crippen LogP contribution in [0.25, 0.3) is 5.57 Å². The fourth-order valence-electron chi connectivity index (χ4n) is 4.37. The normalized spacial score (nSPS) is 19.5. The second kappa shape index (κ2) is 6.65. The number of thioether (sulfide) groups is 1. The van der Waals surface area contributed by atoms with Crippen LogP contribution in [0.3, 0.4) is 0 Å². The molecule has 128 valence electrons. The Bertz CT molecular complexity index is 845. The molecule has 4 rings (SSSR count). The van der Waals surface area contributed by atoms with Crippen LogP contribution in [-0.4, -0.2) is 5.17 Å². The van der Waals surface area contributed by atoms with Crippen LogP contribution >= 0.6 is 27.7 Å². The van der Waals surface area contributed by atoms with E-state index in [2.05, 4.69) is 63.8 Å². The molecule has 0 atom stereocenters. The molecule has 0 saturated heterocycles. The lowest BCUT2D eigenvalue weighted by atomic mass is 9.74. The first-order valence-corrected chi connectivity index (χ1v) is 10.3. The molecule has 0 saturated carbocycles. The van der Waals surface area contributed by atoms with Crippen molar-refractivity contribution in [2.45, 2.75) is 32.1 Å². The molecular weight excluding hydrogens is 392 g/mol. The van der Waals surface area contributed by atoms with Crippen molar-refractivity contribution in [1.82, 2.24) is 0 Å². The van der Waals surface area contributed by atoms with Gasteiger partial charge in [-0.25, -0.2) is 0 Å². The van der Waals surface area contributed by atoms with Crippen LogP contribution in [0.1, 0.15) is 35.1 Å². The molecule has 2 aliphatic rings. The van der Waals surface area contributed by atoms with E-state index in [0.29, 0.717) is 0 Å². The molecule has 25 heavy (non-hydrogen) atoms. The monoisotopic (exact) mass is 412 g/mol. The van der Waals surface area contributed by atoms with E-state index in [9.17, 15) is 0 Å². The van der Waals surface area contributed by atoms with Gasteiger partial charge >= 0.3 is 0 Å². The summed E-state index contributed by atoms with van der Waals surface area (Å²) in [6.45, 7) is 0. The van der Waals surface area contributed by atoms with Gasteiger partial charge in [0.05, 0.1) is 0 Å². The molecule has 2 aromatic carbocycles. The number of fused-ring (bicyclic) bond motifs is 2. The zero-order valence-corrected chi connectivity index (χ0v) is 16.4. The van der Waals surface area contributed by atoms with Gasteiger partial charge in [-0.05, 0) is 77.5 Å². The minimum absolute atomic E-state index is 0.156. The van der Waals surface area contributed by atoms with E-state index in [1.165, 1.54) is 39.6 Å². The second-order valence-electron chi connectivity index (χ2n) is 7.04. The molecule has 0 bridgehead atoms. The SMILES string of the molecule is N=C(N)SC=C1c2cc(Br)ccc2CC12CCc1ccccc1CC2. The third-order valence-corrected chi connectivity index (χ3v) is 6.73.